The molecule has 0 saturated heterocycles. The molecular formula is C21H28ClN3O2S2. The molecule has 0 spiro atoms. The van der Waals surface area contributed by atoms with Crippen LogP contribution in [-0.2, 0) is 17.5 Å². The van der Waals surface area contributed by atoms with Gasteiger partial charge in [-0.15, -0.1) is 11.3 Å². The van der Waals surface area contributed by atoms with Crippen molar-refractivity contribution in [3.05, 3.63) is 45.8 Å². The van der Waals surface area contributed by atoms with Crippen molar-refractivity contribution in [3.63, 3.8) is 0 Å². The van der Waals surface area contributed by atoms with Gasteiger partial charge >= 0.3 is 0 Å². The van der Waals surface area contributed by atoms with E-state index in [0.717, 1.165) is 27.2 Å². The summed E-state index contributed by atoms with van der Waals surface area (Å²) in [6.45, 7) is 12.8. The lowest BCUT2D eigenvalue weighted by molar-refractivity contribution is 0.518. The summed E-state index contributed by atoms with van der Waals surface area (Å²) in [6.07, 6.45) is 1.66. The molecule has 0 aliphatic heterocycles. The van der Waals surface area contributed by atoms with E-state index < -0.39 is 11.0 Å². The molecule has 2 N–H and O–H groups in total. The first kappa shape index (κ1) is 22.3. The Balaban J connectivity index is 1.90. The maximum atomic E-state index is 12.5. The Kier molecular flexibility index (Phi) is 6.73. The smallest absolute Gasteiger partial charge is 0.131 e. The number of hydrogen-bond donors (Lipinski definition) is 2. The minimum absolute atomic E-state index is 0.0526. The van der Waals surface area contributed by atoms with Crippen molar-refractivity contribution in [2.75, 3.05) is 5.32 Å². The van der Waals surface area contributed by atoms with Gasteiger partial charge in [-0.2, -0.15) is 0 Å². The topological polar surface area (TPSA) is 67.2 Å². The van der Waals surface area contributed by atoms with Gasteiger partial charge in [0.25, 0.3) is 0 Å². The molecule has 0 aromatic carbocycles. The second-order valence-electron chi connectivity index (χ2n) is 8.27. The number of pyridine rings is 1. The summed E-state index contributed by atoms with van der Waals surface area (Å²) in [5.74, 6) is 1.03. The largest absolute Gasteiger partial charge is 0.467 e. The van der Waals surface area contributed by atoms with Crippen LogP contribution in [0.3, 0.4) is 0 Å². The van der Waals surface area contributed by atoms with E-state index in [1.54, 1.807) is 17.6 Å². The van der Waals surface area contributed by atoms with Gasteiger partial charge in [-0.1, -0.05) is 18.5 Å². The van der Waals surface area contributed by atoms with Crippen molar-refractivity contribution in [2.24, 2.45) is 0 Å². The summed E-state index contributed by atoms with van der Waals surface area (Å²) in [4.78, 5) is 5.80. The van der Waals surface area contributed by atoms with Crippen LogP contribution in [0, 0.1) is 6.92 Å². The Morgan fingerprint density at radius 2 is 2.07 bits per heavy atom. The van der Waals surface area contributed by atoms with Gasteiger partial charge in [-0.25, -0.2) is 13.9 Å². The molecule has 1 unspecified atom stereocenters. The normalized spacial score (nSPS) is 15.4. The lowest BCUT2D eigenvalue weighted by atomic mass is 9.99. The van der Waals surface area contributed by atoms with E-state index >= 15 is 0 Å². The van der Waals surface area contributed by atoms with Gasteiger partial charge < -0.3 is 9.73 Å². The third-order valence-corrected chi connectivity index (χ3v) is 8.33. The molecule has 0 aliphatic rings. The molecule has 3 heterocycles. The summed E-state index contributed by atoms with van der Waals surface area (Å²) < 4.78 is 22.0. The van der Waals surface area contributed by atoms with Gasteiger partial charge in [0.2, 0.25) is 0 Å². The first-order chi connectivity index (χ1) is 13.6. The van der Waals surface area contributed by atoms with Gasteiger partial charge in [0, 0.05) is 22.9 Å². The molecule has 0 aliphatic carbocycles. The van der Waals surface area contributed by atoms with Crippen LogP contribution in [0.15, 0.2) is 28.9 Å². The van der Waals surface area contributed by atoms with Crippen molar-refractivity contribution in [1.29, 1.82) is 0 Å². The highest BCUT2D eigenvalue weighted by molar-refractivity contribution is 7.84. The zero-order chi connectivity index (χ0) is 21.3. The number of thiophene rings is 1. The summed E-state index contributed by atoms with van der Waals surface area (Å²) in [6, 6.07) is 5.71. The second-order valence-corrected chi connectivity index (χ2v) is 11.7. The number of anilines is 1. The van der Waals surface area contributed by atoms with E-state index in [4.69, 9.17) is 16.0 Å². The molecule has 3 rings (SSSR count). The quantitative estimate of drug-likeness (QED) is 0.430. The summed E-state index contributed by atoms with van der Waals surface area (Å²) in [7, 11) is -1.12. The van der Waals surface area contributed by atoms with E-state index in [1.165, 1.54) is 4.88 Å². The molecule has 5 nitrogen and oxygen atoms in total. The molecule has 0 bridgehead atoms. The molecular weight excluding hydrogens is 426 g/mol. The number of nitrogens with one attached hydrogen (secondary N) is 2. The number of fused-ring (bicyclic) bond motifs is 1. The number of aromatic nitrogens is 1. The average Bonchev–Trinajstić information content (AvgIpc) is 3.27. The average molecular weight is 454 g/mol. The molecule has 158 valence electrons. The molecule has 3 aromatic heterocycles. The lowest BCUT2D eigenvalue weighted by Crippen LogP contribution is -2.40. The van der Waals surface area contributed by atoms with Crippen LogP contribution >= 0.6 is 22.9 Å². The van der Waals surface area contributed by atoms with Crippen LogP contribution in [0.2, 0.25) is 5.15 Å². The fourth-order valence-corrected chi connectivity index (χ4v) is 5.48. The number of halogens is 1. The van der Waals surface area contributed by atoms with Crippen LogP contribution in [0.5, 0.6) is 0 Å². The molecule has 3 atom stereocenters. The maximum Gasteiger partial charge on any atom is 0.131 e. The second kappa shape index (κ2) is 8.76. The molecule has 3 aromatic rings. The predicted molar refractivity (Wildman–Crippen MR) is 124 cm³/mol. The predicted octanol–water partition coefficient (Wildman–Crippen LogP) is 6.01. The first-order valence-electron chi connectivity index (χ1n) is 9.61. The van der Waals surface area contributed by atoms with Crippen LogP contribution in [0.1, 0.15) is 56.7 Å². The van der Waals surface area contributed by atoms with E-state index in [-0.39, 0.29) is 16.7 Å². The Hall–Kier alpha value is -1.41. The van der Waals surface area contributed by atoms with Crippen LogP contribution < -0.4 is 10.0 Å². The SMILES string of the molecule is Cc1c(C(C)[C@@H](C)N[S@](=O)C(C)(C)C)sc2c(NCc3ccco3)cc(Cl)nc12. The molecule has 0 fully saturated rings. The Bertz CT molecular complexity index is 1010. The van der Waals surface area contributed by atoms with Gasteiger partial charge in [0.05, 0.1) is 44.4 Å². The molecule has 0 amide bonds. The summed E-state index contributed by atoms with van der Waals surface area (Å²) in [5.41, 5.74) is 2.98. The Labute approximate surface area is 183 Å². The summed E-state index contributed by atoms with van der Waals surface area (Å²) in [5, 5.41) is 3.88. The van der Waals surface area contributed by atoms with Crippen molar-refractivity contribution in [2.45, 2.75) is 64.8 Å². The van der Waals surface area contributed by atoms with Crippen molar-refractivity contribution in [3.8, 4) is 0 Å². The van der Waals surface area contributed by atoms with Gasteiger partial charge in [-0.05, 0) is 52.3 Å². The van der Waals surface area contributed by atoms with Crippen molar-refractivity contribution >= 4 is 49.8 Å². The van der Waals surface area contributed by atoms with Gasteiger partial charge in [-0.3, -0.25) is 0 Å². The monoisotopic (exact) mass is 453 g/mol. The van der Waals surface area contributed by atoms with Crippen LogP contribution in [0.25, 0.3) is 10.2 Å². The van der Waals surface area contributed by atoms with E-state index in [0.29, 0.717) is 11.7 Å². The Morgan fingerprint density at radius 1 is 1.34 bits per heavy atom. The van der Waals surface area contributed by atoms with Crippen LogP contribution in [-0.4, -0.2) is 20.0 Å². The number of rotatable bonds is 7. The zero-order valence-corrected chi connectivity index (χ0v) is 20.0. The van der Waals surface area contributed by atoms with E-state index in [1.807, 2.05) is 39.0 Å². The number of nitrogens with zero attached hydrogens (tertiary/aromatic N) is 1. The Morgan fingerprint density at radius 3 is 2.69 bits per heavy atom. The number of furan rings is 1. The van der Waals surface area contributed by atoms with Crippen LogP contribution in [0.4, 0.5) is 5.69 Å². The minimum Gasteiger partial charge on any atom is -0.467 e. The van der Waals surface area contributed by atoms with Gasteiger partial charge in [0.15, 0.2) is 0 Å². The van der Waals surface area contributed by atoms with Gasteiger partial charge in [0.1, 0.15) is 10.9 Å². The highest BCUT2D eigenvalue weighted by atomic mass is 35.5. The van der Waals surface area contributed by atoms with Crippen molar-refractivity contribution < 1.29 is 8.63 Å². The number of hydrogen-bond acceptors (Lipinski definition) is 5. The third kappa shape index (κ3) is 5.02. The minimum atomic E-state index is -1.12. The van der Waals surface area contributed by atoms with E-state index in [9.17, 15) is 4.21 Å². The fraction of sp³-hybridized carbons (Fsp3) is 0.476. The summed E-state index contributed by atoms with van der Waals surface area (Å²) >= 11 is 8.02. The fourth-order valence-electron chi connectivity index (χ4n) is 3.00. The molecule has 8 heteroatoms. The van der Waals surface area contributed by atoms with Crippen molar-refractivity contribution in [1.82, 2.24) is 9.71 Å². The first-order valence-corrected chi connectivity index (χ1v) is 12.0. The maximum absolute atomic E-state index is 12.5. The molecule has 29 heavy (non-hydrogen) atoms. The van der Waals surface area contributed by atoms with E-state index in [2.05, 4.69) is 35.8 Å². The standard InChI is InChI=1S/C21H28ClN3O2S2/c1-12(14(3)25-29(26)21(4,5)6)19-13(2)18-20(28-19)16(10-17(22)24-18)23-11-15-8-7-9-27-15/h7-10,12,14,25H,11H2,1-6H3,(H,23,24)/t12?,14-,29-/m1/s1. The molecule has 0 saturated carbocycles. The third-order valence-electron chi connectivity index (χ3n) is 4.92. The highest BCUT2D eigenvalue weighted by Crippen LogP contribution is 2.40. The lowest BCUT2D eigenvalue weighted by Gasteiger charge is -2.25. The number of aryl methyl sites for hydroxylation is 1. The molecule has 0 radical (unpaired) electrons. The zero-order valence-electron chi connectivity index (χ0n) is 17.6. The highest BCUT2D eigenvalue weighted by Gasteiger charge is 2.27.